The Morgan fingerprint density at radius 3 is 2.05 bits per heavy atom. The van der Waals surface area contributed by atoms with Gasteiger partial charge in [-0.2, -0.15) is 5.26 Å². The van der Waals surface area contributed by atoms with Crippen molar-refractivity contribution < 1.29 is 19.8 Å². The molecule has 204 valence electrons. The average Bonchev–Trinajstić information content (AvgIpc) is 3.47. The van der Waals surface area contributed by atoms with Crippen molar-refractivity contribution in [3.05, 3.63) is 108 Å². The van der Waals surface area contributed by atoms with Crippen LogP contribution >= 0.6 is 0 Å². The molecular weight excluding hydrogens is 502 g/mol. The van der Waals surface area contributed by atoms with Crippen LogP contribution in [0.2, 0.25) is 0 Å². The number of aromatic nitrogens is 1. The lowest BCUT2D eigenvalue weighted by Crippen LogP contribution is -2.46. The second-order valence-corrected chi connectivity index (χ2v) is 9.87. The molecule has 0 radical (unpaired) electrons. The Morgan fingerprint density at radius 2 is 1.50 bits per heavy atom. The third kappa shape index (κ3) is 6.85. The lowest BCUT2D eigenvalue weighted by Gasteiger charge is -2.27. The first-order chi connectivity index (χ1) is 19.4. The van der Waals surface area contributed by atoms with Crippen molar-refractivity contribution in [1.82, 2.24) is 9.88 Å². The van der Waals surface area contributed by atoms with E-state index in [1.807, 2.05) is 79.7 Å². The SMILES string of the molecule is CCCC(C(=O)O)C(C(=O)N[C@H](CO)Cc1ccccc1)n1ccc(-c2ccc(-c3ccc(C#N)cc3)cc2)c1. The highest BCUT2D eigenvalue weighted by Crippen LogP contribution is 2.30. The number of rotatable bonds is 12. The normalized spacial score (nSPS) is 13.1. The molecule has 0 bridgehead atoms. The molecular formula is C33H33N3O4. The molecule has 0 aliphatic heterocycles. The molecule has 0 aliphatic rings. The molecule has 0 fully saturated rings. The van der Waals surface area contributed by atoms with Crippen LogP contribution in [0.3, 0.4) is 0 Å². The van der Waals surface area contributed by atoms with Gasteiger partial charge in [0.25, 0.3) is 0 Å². The first kappa shape index (κ1) is 28.3. The number of amides is 1. The van der Waals surface area contributed by atoms with Crippen molar-refractivity contribution >= 4 is 11.9 Å². The molecule has 0 saturated heterocycles. The van der Waals surface area contributed by atoms with E-state index >= 15 is 0 Å². The number of hydrogen-bond acceptors (Lipinski definition) is 4. The van der Waals surface area contributed by atoms with Crippen LogP contribution in [0.4, 0.5) is 0 Å². The first-order valence-corrected chi connectivity index (χ1v) is 13.4. The van der Waals surface area contributed by atoms with E-state index in [1.54, 1.807) is 29.1 Å². The Balaban J connectivity index is 1.58. The van der Waals surface area contributed by atoms with Gasteiger partial charge in [-0.15, -0.1) is 0 Å². The molecule has 2 unspecified atom stereocenters. The van der Waals surface area contributed by atoms with Gasteiger partial charge in [-0.05, 0) is 58.9 Å². The monoisotopic (exact) mass is 535 g/mol. The van der Waals surface area contributed by atoms with Gasteiger partial charge in [0.2, 0.25) is 5.91 Å². The van der Waals surface area contributed by atoms with E-state index in [0.717, 1.165) is 27.8 Å². The zero-order chi connectivity index (χ0) is 28.5. The van der Waals surface area contributed by atoms with Crippen LogP contribution in [0.1, 0.15) is 36.9 Å². The number of nitrogens with zero attached hydrogens (tertiary/aromatic N) is 2. The minimum atomic E-state index is -1.03. The fourth-order valence-corrected chi connectivity index (χ4v) is 4.95. The second-order valence-electron chi connectivity index (χ2n) is 9.87. The number of carboxylic acid groups (broad SMARTS) is 1. The molecule has 3 N–H and O–H groups in total. The van der Waals surface area contributed by atoms with E-state index in [1.165, 1.54) is 0 Å². The molecule has 0 spiro atoms. The van der Waals surface area contributed by atoms with E-state index in [0.29, 0.717) is 24.8 Å². The van der Waals surface area contributed by atoms with Crippen LogP contribution in [-0.4, -0.2) is 39.3 Å². The van der Waals surface area contributed by atoms with Crippen LogP contribution in [0, 0.1) is 17.2 Å². The number of hydrogen-bond donors (Lipinski definition) is 3. The van der Waals surface area contributed by atoms with Gasteiger partial charge in [0.15, 0.2) is 0 Å². The number of nitriles is 1. The lowest BCUT2D eigenvalue weighted by molar-refractivity contribution is -0.147. The van der Waals surface area contributed by atoms with Gasteiger partial charge in [-0.3, -0.25) is 9.59 Å². The molecule has 4 rings (SSSR count). The number of carbonyl (C=O) groups excluding carboxylic acids is 1. The Labute approximate surface area is 234 Å². The van der Waals surface area contributed by atoms with Gasteiger partial charge in [0.05, 0.1) is 30.2 Å². The fraction of sp³-hybridized carbons (Fsp3) is 0.242. The quantitative estimate of drug-likeness (QED) is 0.223. The van der Waals surface area contributed by atoms with Crippen molar-refractivity contribution in [2.24, 2.45) is 5.92 Å². The van der Waals surface area contributed by atoms with Gasteiger partial charge < -0.3 is 20.1 Å². The summed E-state index contributed by atoms with van der Waals surface area (Å²) in [5.74, 6) is -2.40. The van der Waals surface area contributed by atoms with Crippen LogP contribution in [0.5, 0.6) is 0 Å². The van der Waals surface area contributed by atoms with Crippen molar-refractivity contribution in [3.63, 3.8) is 0 Å². The van der Waals surface area contributed by atoms with E-state index in [-0.39, 0.29) is 6.61 Å². The molecule has 1 aromatic heterocycles. The highest BCUT2D eigenvalue weighted by Gasteiger charge is 2.35. The lowest BCUT2D eigenvalue weighted by atomic mass is 9.93. The predicted octanol–water partition coefficient (Wildman–Crippen LogP) is 5.46. The third-order valence-corrected chi connectivity index (χ3v) is 7.06. The highest BCUT2D eigenvalue weighted by atomic mass is 16.4. The zero-order valence-corrected chi connectivity index (χ0v) is 22.4. The maximum atomic E-state index is 13.6. The molecule has 40 heavy (non-hydrogen) atoms. The summed E-state index contributed by atoms with van der Waals surface area (Å²) in [5.41, 5.74) is 5.36. The van der Waals surface area contributed by atoms with Crippen molar-refractivity contribution in [1.29, 1.82) is 5.26 Å². The average molecular weight is 536 g/mol. The van der Waals surface area contributed by atoms with E-state index in [9.17, 15) is 19.8 Å². The molecule has 4 aromatic rings. The summed E-state index contributed by atoms with van der Waals surface area (Å²) in [7, 11) is 0. The maximum absolute atomic E-state index is 13.6. The number of aliphatic carboxylic acids is 1. The van der Waals surface area contributed by atoms with Gasteiger partial charge >= 0.3 is 5.97 Å². The molecule has 3 atom stereocenters. The number of carbonyl (C=O) groups is 2. The van der Waals surface area contributed by atoms with Gasteiger partial charge in [-0.1, -0.05) is 80.1 Å². The standard InChI is InChI=1S/C33H33N3O4/c1-2-6-30(33(39)40)31(32(38)35-29(22-37)19-23-7-4-3-5-8-23)36-18-17-28(21-36)27-15-13-26(14-16-27)25-11-9-24(20-34)10-12-25/h3-5,7-18,21,29-31,37H,2,6,19,22H2,1H3,(H,35,38)(H,39,40)/t29-,30?,31?/m0/s1. The third-order valence-electron chi connectivity index (χ3n) is 7.06. The van der Waals surface area contributed by atoms with Crippen LogP contribution in [-0.2, 0) is 16.0 Å². The van der Waals surface area contributed by atoms with E-state index in [2.05, 4.69) is 11.4 Å². The molecule has 0 saturated carbocycles. The number of benzene rings is 3. The van der Waals surface area contributed by atoms with E-state index in [4.69, 9.17) is 5.26 Å². The summed E-state index contributed by atoms with van der Waals surface area (Å²) in [6.07, 6.45) is 4.92. The largest absolute Gasteiger partial charge is 0.481 e. The van der Waals surface area contributed by atoms with Crippen LogP contribution in [0.25, 0.3) is 22.3 Å². The van der Waals surface area contributed by atoms with Crippen molar-refractivity contribution in [2.45, 2.75) is 38.3 Å². The molecule has 0 aliphatic carbocycles. The number of carboxylic acids is 1. The van der Waals surface area contributed by atoms with E-state index < -0.39 is 29.9 Å². The molecule has 7 nitrogen and oxygen atoms in total. The van der Waals surface area contributed by atoms with Crippen molar-refractivity contribution in [3.8, 4) is 28.3 Å². The van der Waals surface area contributed by atoms with Crippen LogP contribution in [0.15, 0.2) is 97.3 Å². The Hall–Kier alpha value is -4.67. The molecule has 1 heterocycles. The minimum absolute atomic E-state index is 0.263. The molecule has 1 amide bonds. The summed E-state index contributed by atoms with van der Waals surface area (Å²) in [6.45, 7) is 1.63. The number of nitrogens with one attached hydrogen (secondary N) is 1. The summed E-state index contributed by atoms with van der Waals surface area (Å²) in [6, 6.07) is 27.3. The maximum Gasteiger partial charge on any atom is 0.309 e. The Kier molecular flexibility index (Phi) is 9.50. The first-order valence-electron chi connectivity index (χ1n) is 13.4. The predicted molar refractivity (Wildman–Crippen MR) is 154 cm³/mol. The topological polar surface area (TPSA) is 115 Å². The van der Waals surface area contributed by atoms with Crippen LogP contribution < -0.4 is 5.32 Å². The second kappa shape index (κ2) is 13.4. The van der Waals surface area contributed by atoms with Crippen molar-refractivity contribution in [2.75, 3.05) is 6.61 Å². The Morgan fingerprint density at radius 1 is 0.900 bits per heavy atom. The summed E-state index contributed by atoms with van der Waals surface area (Å²) in [5, 5.41) is 31.9. The van der Waals surface area contributed by atoms with Gasteiger partial charge in [0.1, 0.15) is 6.04 Å². The smallest absolute Gasteiger partial charge is 0.309 e. The van der Waals surface area contributed by atoms with Gasteiger partial charge in [-0.25, -0.2) is 0 Å². The number of aliphatic hydroxyl groups excluding tert-OH is 1. The molecule has 3 aromatic carbocycles. The highest BCUT2D eigenvalue weighted by molar-refractivity contribution is 5.86. The fourth-order valence-electron chi connectivity index (χ4n) is 4.95. The zero-order valence-electron chi connectivity index (χ0n) is 22.4. The summed E-state index contributed by atoms with van der Waals surface area (Å²) >= 11 is 0. The summed E-state index contributed by atoms with van der Waals surface area (Å²) < 4.78 is 1.67. The van der Waals surface area contributed by atoms with Gasteiger partial charge in [0, 0.05) is 12.4 Å². The summed E-state index contributed by atoms with van der Waals surface area (Å²) in [4.78, 5) is 25.9. The molecule has 7 heteroatoms. The number of aliphatic hydroxyl groups is 1. The minimum Gasteiger partial charge on any atom is -0.481 e. The Bertz CT molecular complexity index is 1450.